The maximum Gasteiger partial charge on any atom is 0.141 e. The summed E-state index contributed by atoms with van der Waals surface area (Å²) in [6, 6.07) is 0.365. The van der Waals surface area contributed by atoms with Crippen molar-refractivity contribution in [1.82, 2.24) is 15.5 Å². The van der Waals surface area contributed by atoms with Gasteiger partial charge in [0.25, 0.3) is 0 Å². The molecule has 0 bridgehead atoms. The van der Waals surface area contributed by atoms with Crippen LogP contribution in [0.4, 0.5) is 0 Å². The quantitative estimate of drug-likeness (QED) is 0.0941. The Bertz CT molecular complexity index is 871. The van der Waals surface area contributed by atoms with Crippen molar-refractivity contribution in [2.45, 2.75) is 19.9 Å². The van der Waals surface area contributed by atoms with E-state index in [0.717, 1.165) is 30.8 Å². The summed E-state index contributed by atoms with van der Waals surface area (Å²) in [5.41, 5.74) is 14.0. The number of dihydropyridines is 1. The van der Waals surface area contributed by atoms with E-state index < -0.39 is 0 Å². The molecule has 31 heavy (non-hydrogen) atoms. The van der Waals surface area contributed by atoms with Gasteiger partial charge in [-0.25, -0.2) is 0 Å². The summed E-state index contributed by atoms with van der Waals surface area (Å²) in [6.45, 7) is 6.78. The van der Waals surface area contributed by atoms with Crippen LogP contribution >= 0.6 is 28.4 Å². The zero-order chi connectivity index (χ0) is 22.8. The standard InChI is InChI=1S/C21H31IN7OP/c1-14(2)18-13-29(8-7-26-18)20(25)6-5-17(24)21-19(30)9-15(11-27-21)3-4-16(10-23)12-28-31-22/h3-6,9-12,14,18,25-27,30-31H,7-8,13,23-24H2,1-2H3/b4-3+,6-5-,16-10-,21-17-,25-20?,28-12+. The summed E-state index contributed by atoms with van der Waals surface area (Å²) in [5, 5.41) is 25.3. The zero-order valence-electron chi connectivity index (χ0n) is 17.8. The van der Waals surface area contributed by atoms with E-state index >= 15 is 0 Å². The van der Waals surface area contributed by atoms with Crippen molar-refractivity contribution in [3.8, 4) is 0 Å². The molecule has 2 aliphatic heterocycles. The number of nitrogens with zero attached hydrogens (tertiary/aromatic N) is 2. The van der Waals surface area contributed by atoms with Crippen LogP contribution < -0.4 is 22.1 Å². The summed E-state index contributed by atoms with van der Waals surface area (Å²) in [4.78, 5) is 2.03. The Kier molecular flexibility index (Phi) is 10.3. The largest absolute Gasteiger partial charge is 0.506 e. The van der Waals surface area contributed by atoms with Crippen LogP contribution in [-0.4, -0.2) is 47.7 Å². The molecule has 0 aromatic rings. The number of rotatable bonds is 7. The van der Waals surface area contributed by atoms with Crippen molar-refractivity contribution in [1.29, 1.82) is 5.41 Å². The van der Waals surface area contributed by atoms with E-state index in [-0.39, 0.29) is 5.76 Å². The van der Waals surface area contributed by atoms with Crippen LogP contribution in [0.5, 0.6) is 0 Å². The number of hydrogen-bond acceptors (Lipinski definition) is 7. The van der Waals surface area contributed by atoms with Gasteiger partial charge in [0.1, 0.15) is 17.3 Å². The number of allylic oxidation sites excluding steroid dienone is 6. The van der Waals surface area contributed by atoms with Gasteiger partial charge in [-0.1, -0.05) is 26.0 Å². The van der Waals surface area contributed by atoms with Crippen molar-refractivity contribution in [3.63, 3.8) is 0 Å². The Labute approximate surface area is 198 Å². The number of halogens is 1. The van der Waals surface area contributed by atoms with Gasteiger partial charge in [0, 0.05) is 49.9 Å². The van der Waals surface area contributed by atoms with Gasteiger partial charge in [-0.3, -0.25) is 10.2 Å². The highest BCUT2D eigenvalue weighted by atomic mass is 127. The molecular formula is C21H31IN7OP. The predicted molar refractivity (Wildman–Crippen MR) is 140 cm³/mol. The van der Waals surface area contributed by atoms with Crippen LogP contribution in [0, 0.1) is 11.3 Å². The Morgan fingerprint density at radius 1 is 1.42 bits per heavy atom. The lowest BCUT2D eigenvalue weighted by Crippen LogP contribution is -2.54. The molecule has 0 aromatic carbocycles. The fraction of sp³-hybridized carbons (Fsp3) is 0.333. The average molecular weight is 555 g/mol. The normalized spacial score (nSPS) is 22.6. The first kappa shape index (κ1) is 25.2. The average Bonchev–Trinajstić information content (AvgIpc) is 2.77. The molecule has 2 aliphatic rings. The molecule has 2 heterocycles. The second-order valence-corrected chi connectivity index (χ2v) is 9.34. The summed E-state index contributed by atoms with van der Waals surface area (Å²) in [7, 11) is 0. The van der Waals surface area contributed by atoms with Gasteiger partial charge in [0.2, 0.25) is 0 Å². The fourth-order valence-electron chi connectivity index (χ4n) is 3.06. The second kappa shape index (κ2) is 12.7. The Balaban J connectivity index is 2.03. The van der Waals surface area contributed by atoms with Gasteiger partial charge >= 0.3 is 0 Å². The Morgan fingerprint density at radius 3 is 2.84 bits per heavy atom. The minimum atomic E-state index is 0.0264. The van der Waals surface area contributed by atoms with E-state index in [0.29, 0.717) is 35.6 Å². The van der Waals surface area contributed by atoms with Crippen LogP contribution in [0.25, 0.3) is 0 Å². The van der Waals surface area contributed by atoms with Gasteiger partial charge in [0.15, 0.2) is 0 Å². The number of hydrogen-bond donors (Lipinski definition) is 6. The van der Waals surface area contributed by atoms with Gasteiger partial charge in [-0.2, -0.15) is 0 Å². The van der Waals surface area contributed by atoms with E-state index in [4.69, 9.17) is 16.9 Å². The number of nitrogens with two attached hydrogens (primary N) is 2. The summed E-state index contributed by atoms with van der Waals surface area (Å²) in [6.07, 6.45) is 13.9. The molecule has 2 rings (SSSR count). The lowest BCUT2D eigenvalue weighted by atomic mass is 10.0. The minimum absolute atomic E-state index is 0.0264. The van der Waals surface area contributed by atoms with Crippen LogP contribution in [0.3, 0.4) is 0 Å². The molecule has 0 saturated carbocycles. The van der Waals surface area contributed by atoms with E-state index in [1.54, 1.807) is 30.6 Å². The first-order valence-corrected chi connectivity index (χ1v) is 14.0. The van der Waals surface area contributed by atoms with Crippen molar-refractivity contribution >= 4 is 40.5 Å². The van der Waals surface area contributed by atoms with Crippen LogP contribution in [0.2, 0.25) is 0 Å². The number of nitrogens with one attached hydrogen (secondary N) is 3. The maximum atomic E-state index is 10.4. The first-order valence-electron chi connectivity index (χ1n) is 9.96. The molecule has 0 aliphatic carbocycles. The third kappa shape index (κ3) is 7.83. The predicted octanol–water partition coefficient (Wildman–Crippen LogP) is 2.96. The van der Waals surface area contributed by atoms with Gasteiger partial charge in [0.05, 0.1) is 12.1 Å². The van der Waals surface area contributed by atoms with Crippen molar-refractivity contribution in [3.05, 3.63) is 71.1 Å². The Morgan fingerprint density at radius 2 is 2.19 bits per heavy atom. The summed E-state index contributed by atoms with van der Waals surface area (Å²) >= 11 is 2.18. The highest BCUT2D eigenvalue weighted by molar-refractivity contribution is 14.2. The molecule has 8 N–H and O–H groups in total. The molecule has 1 fully saturated rings. The highest BCUT2D eigenvalue weighted by Gasteiger charge is 2.22. The number of aliphatic hydroxyl groups excluding tert-OH is 1. The van der Waals surface area contributed by atoms with Crippen LogP contribution in [-0.2, 0) is 0 Å². The molecule has 0 radical (unpaired) electrons. The fourth-order valence-corrected chi connectivity index (χ4v) is 3.68. The summed E-state index contributed by atoms with van der Waals surface area (Å²) < 4.78 is 4.17. The van der Waals surface area contributed by atoms with Crippen molar-refractivity contribution in [2.24, 2.45) is 22.1 Å². The molecule has 0 aromatic heterocycles. The molecule has 2 atom stereocenters. The molecular weight excluding hydrogens is 524 g/mol. The van der Waals surface area contributed by atoms with E-state index in [2.05, 4.69) is 51.3 Å². The lowest BCUT2D eigenvalue weighted by Gasteiger charge is -2.36. The van der Waals surface area contributed by atoms with Crippen molar-refractivity contribution < 1.29 is 5.11 Å². The molecule has 168 valence electrons. The maximum absolute atomic E-state index is 10.4. The topological polar surface area (TPSA) is 136 Å². The monoisotopic (exact) mass is 555 g/mol. The number of piperazine rings is 1. The SMILES string of the molecule is CC(C)C1CN(C(=N)/C=C\C(N)=C2\NC=C(/C=C/C(=C/N)/C=N/PI)C=C2O)CCN1. The molecule has 1 saturated heterocycles. The highest BCUT2D eigenvalue weighted by Crippen LogP contribution is 2.21. The molecule has 0 amide bonds. The van der Waals surface area contributed by atoms with E-state index in [9.17, 15) is 5.11 Å². The van der Waals surface area contributed by atoms with Gasteiger partial charge < -0.3 is 32.1 Å². The minimum Gasteiger partial charge on any atom is -0.506 e. The van der Waals surface area contributed by atoms with Gasteiger partial charge in [-0.05, 0) is 51.8 Å². The van der Waals surface area contributed by atoms with Crippen LogP contribution in [0.15, 0.2) is 75.8 Å². The van der Waals surface area contributed by atoms with E-state index in [1.807, 2.05) is 17.1 Å². The molecule has 0 spiro atoms. The molecule has 8 nitrogen and oxygen atoms in total. The summed E-state index contributed by atoms with van der Waals surface area (Å²) in [5.74, 6) is 0.938. The molecule has 2 unspecified atom stereocenters. The van der Waals surface area contributed by atoms with Crippen molar-refractivity contribution in [2.75, 3.05) is 19.6 Å². The number of amidine groups is 1. The smallest absolute Gasteiger partial charge is 0.141 e. The van der Waals surface area contributed by atoms with Crippen LogP contribution in [0.1, 0.15) is 13.8 Å². The molecule has 10 heteroatoms. The second-order valence-electron chi connectivity index (χ2n) is 7.46. The zero-order valence-corrected chi connectivity index (χ0v) is 20.9. The Hall–Kier alpha value is -2.10. The van der Waals surface area contributed by atoms with Gasteiger partial charge in [-0.15, -0.1) is 0 Å². The number of aliphatic hydroxyl groups is 1. The third-order valence-corrected chi connectivity index (χ3v) is 5.99. The third-order valence-electron chi connectivity index (χ3n) is 4.93. The first-order chi connectivity index (χ1) is 14.8. The van der Waals surface area contributed by atoms with E-state index in [1.165, 1.54) is 6.20 Å². The lowest BCUT2D eigenvalue weighted by molar-refractivity contribution is 0.249.